The first-order valence-corrected chi connectivity index (χ1v) is 5.94. The lowest BCUT2D eigenvalue weighted by atomic mass is 10.3. The van der Waals surface area contributed by atoms with Gasteiger partial charge < -0.3 is 14.0 Å². The summed E-state index contributed by atoms with van der Waals surface area (Å²) < 4.78 is 7.94. The molecular formula is C12H9ClN2OS. The molecule has 0 aliphatic heterocycles. The van der Waals surface area contributed by atoms with Crippen molar-refractivity contribution in [3.05, 3.63) is 52.1 Å². The second-order valence-corrected chi connectivity index (χ2v) is 4.52. The van der Waals surface area contributed by atoms with E-state index in [1.807, 2.05) is 34.9 Å². The molecule has 0 unspecified atom stereocenters. The minimum Gasteiger partial charge on any atom is -0.467 e. The maximum Gasteiger partial charge on any atom is 0.178 e. The fourth-order valence-electron chi connectivity index (χ4n) is 1.86. The van der Waals surface area contributed by atoms with Crippen LogP contribution in [-0.4, -0.2) is 9.55 Å². The summed E-state index contributed by atoms with van der Waals surface area (Å²) in [6, 6.07) is 9.51. The van der Waals surface area contributed by atoms with E-state index >= 15 is 0 Å². The van der Waals surface area contributed by atoms with Gasteiger partial charge in [-0.25, -0.2) is 0 Å². The van der Waals surface area contributed by atoms with Gasteiger partial charge in [0, 0.05) is 0 Å². The van der Waals surface area contributed by atoms with E-state index in [2.05, 4.69) is 4.98 Å². The van der Waals surface area contributed by atoms with Crippen LogP contribution in [0.4, 0.5) is 0 Å². The number of hydrogen-bond donors (Lipinski definition) is 1. The number of benzene rings is 1. The van der Waals surface area contributed by atoms with E-state index in [4.69, 9.17) is 28.2 Å². The number of nitrogens with one attached hydrogen (secondary N) is 1. The van der Waals surface area contributed by atoms with E-state index < -0.39 is 0 Å². The van der Waals surface area contributed by atoms with Crippen LogP contribution in [-0.2, 0) is 6.54 Å². The van der Waals surface area contributed by atoms with Gasteiger partial charge in [0.05, 0.1) is 28.9 Å². The number of aromatic nitrogens is 2. The number of fused-ring (bicyclic) bond motifs is 1. The van der Waals surface area contributed by atoms with Crippen molar-refractivity contribution < 1.29 is 4.42 Å². The molecule has 0 amide bonds. The Labute approximate surface area is 108 Å². The van der Waals surface area contributed by atoms with Crippen LogP contribution >= 0.6 is 23.8 Å². The Balaban J connectivity index is 2.19. The molecule has 3 aromatic rings. The Morgan fingerprint density at radius 3 is 2.94 bits per heavy atom. The van der Waals surface area contributed by atoms with Crippen LogP contribution in [0.15, 0.2) is 41.0 Å². The summed E-state index contributed by atoms with van der Waals surface area (Å²) in [6.45, 7) is 0.603. The average molecular weight is 265 g/mol. The number of aromatic amines is 1. The molecule has 0 atom stereocenters. The molecule has 86 valence electrons. The van der Waals surface area contributed by atoms with E-state index in [9.17, 15) is 0 Å². The predicted molar refractivity (Wildman–Crippen MR) is 69.9 cm³/mol. The van der Waals surface area contributed by atoms with Crippen molar-refractivity contribution in [3.8, 4) is 0 Å². The van der Waals surface area contributed by atoms with Crippen LogP contribution in [0.3, 0.4) is 0 Å². The van der Waals surface area contributed by atoms with Gasteiger partial charge in [-0.3, -0.25) is 0 Å². The zero-order valence-electron chi connectivity index (χ0n) is 8.81. The number of furan rings is 1. The van der Waals surface area contributed by atoms with Crippen molar-refractivity contribution in [2.24, 2.45) is 0 Å². The van der Waals surface area contributed by atoms with Gasteiger partial charge in [-0.2, -0.15) is 0 Å². The zero-order valence-corrected chi connectivity index (χ0v) is 10.4. The van der Waals surface area contributed by atoms with Crippen molar-refractivity contribution in [1.29, 1.82) is 0 Å². The van der Waals surface area contributed by atoms with Gasteiger partial charge >= 0.3 is 0 Å². The lowest BCUT2D eigenvalue weighted by molar-refractivity contribution is 0.495. The summed E-state index contributed by atoms with van der Waals surface area (Å²) in [7, 11) is 0. The average Bonchev–Trinajstić information content (AvgIpc) is 2.91. The van der Waals surface area contributed by atoms with Crippen LogP contribution in [0, 0.1) is 4.77 Å². The highest BCUT2D eigenvalue weighted by Gasteiger charge is 2.08. The van der Waals surface area contributed by atoms with E-state index in [0.29, 0.717) is 16.3 Å². The highest BCUT2D eigenvalue weighted by molar-refractivity contribution is 7.71. The number of halogens is 1. The molecule has 1 aromatic carbocycles. The Morgan fingerprint density at radius 2 is 2.18 bits per heavy atom. The van der Waals surface area contributed by atoms with E-state index in [1.54, 1.807) is 6.26 Å². The normalized spacial score (nSPS) is 11.1. The fraction of sp³-hybridized carbons (Fsp3) is 0.0833. The molecule has 17 heavy (non-hydrogen) atoms. The van der Waals surface area contributed by atoms with Gasteiger partial charge in [-0.15, -0.1) is 0 Å². The molecule has 0 saturated carbocycles. The van der Waals surface area contributed by atoms with Crippen LogP contribution in [0.25, 0.3) is 11.0 Å². The maximum absolute atomic E-state index is 6.11. The molecule has 3 nitrogen and oxygen atoms in total. The van der Waals surface area contributed by atoms with Crippen LogP contribution in [0.5, 0.6) is 0 Å². The van der Waals surface area contributed by atoms with Crippen LogP contribution in [0.1, 0.15) is 5.76 Å². The molecule has 0 spiro atoms. The van der Waals surface area contributed by atoms with E-state index in [-0.39, 0.29) is 0 Å². The number of nitrogens with zero attached hydrogens (tertiary/aromatic N) is 1. The number of rotatable bonds is 2. The molecule has 0 fully saturated rings. The molecular weight excluding hydrogens is 256 g/mol. The molecule has 0 aliphatic carbocycles. The minimum atomic E-state index is 0.603. The first-order chi connectivity index (χ1) is 8.25. The quantitative estimate of drug-likeness (QED) is 0.710. The molecule has 0 radical (unpaired) electrons. The van der Waals surface area contributed by atoms with Crippen molar-refractivity contribution >= 4 is 34.9 Å². The van der Waals surface area contributed by atoms with E-state index in [0.717, 1.165) is 16.8 Å². The largest absolute Gasteiger partial charge is 0.467 e. The lowest BCUT2D eigenvalue weighted by Gasteiger charge is -2.01. The third kappa shape index (κ3) is 1.79. The lowest BCUT2D eigenvalue weighted by Crippen LogP contribution is -1.97. The number of H-pyrrole nitrogens is 1. The highest BCUT2D eigenvalue weighted by atomic mass is 35.5. The Kier molecular flexibility index (Phi) is 2.53. The van der Waals surface area contributed by atoms with E-state index in [1.165, 1.54) is 0 Å². The third-order valence-electron chi connectivity index (χ3n) is 2.65. The molecule has 3 rings (SSSR count). The number of hydrogen-bond acceptors (Lipinski definition) is 2. The van der Waals surface area contributed by atoms with Gasteiger partial charge in [0.2, 0.25) is 0 Å². The van der Waals surface area contributed by atoms with Gasteiger partial charge in [0.1, 0.15) is 5.76 Å². The number of imidazole rings is 1. The first kappa shape index (κ1) is 10.6. The van der Waals surface area contributed by atoms with Crippen molar-refractivity contribution in [1.82, 2.24) is 9.55 Å². The van der Waals surface area contributed by atoms with Crippen molar-refractivity contribution in [2.45, 2.75) is 6.54 Å². The van der Waals surface area contributed by atoms with Crippen molar-refractivity contribution in [3.63, 3.8) is 0 Å². The summed E-state index contributed by atoms with van der Waals surface area (Å²) in [5, 5.41) is 0.673. The summed E-state index contributed by atoms with van der Waals surface area (Å²) in [4.78, 5) is 3.11. The van der Waals surface area contributed by atoms with Crippen LogP contribution in [0.2, 0.25) is 5.02 Å². The molecule has 1 N–H and O–H groups in total. The SMILES string of the molecule is S=c1[nH]c2c(Cl)cccc2n1Cc1ccco1. The zero-order chi connectivity index (χ0) is 11.8. The Bertz CT molecular complexity index is 712. The minimum absolute atomic E-state index is 0.603. The second kappa shape index (κ2) is 4.05. The van der Waals surface area contributed by atoms with Gasteiger partial charge in [0.15, 0.2) is 4.77 Å². The number of para-hydroxylation sites is 1. The molecule has 0 bridgehead atoms. The smallest absolute Gasteiger partial charge is 0.178 e. The maximum atomic E-state index is 6.11. The Hall–Kier alpha value is -1.52. The Morgan fingerprint density at radius 1 is 1.29 bits per heavy atom. The first-order valence-electron chi connectivity index (χ1n) is 5.15. The van der Waals surface area contributed by atoms with Crippen LogP contribution < -0.4 is 0 Å². The molecule has 0 saturated heterocycles. The summed E-state index contributed by atoms with van der Waals surface area (Å²) in [5.41, 5.74) is 1.85. The highest BCUT2D eigenvalue weighted by Crippen LogP contribution is 2.23. The predicted octanol–water partition coefficient (Wildman–Crippen LogP) is 3.99. The van der Waals surface area contributed by atoms with Gasteiger partial charge in [0.25, 0.3) is 0 Å². The second-order valence-electron chi connectivity index (χ2n) is 3.73. The fourth-order valence-corrected chi connectivity index (χ4v) is 2.34. The standard InChI is InChI=1S/C12H9ClN2OS/c13-9-4-1-5-10-11(9)14-12(17)15(10)7-8-3-2-6-16-8/h1-6H,7H2,(H,14,17). The van der Waals surface area contributed by atoms with Gasteiger partial charge in [-0.1, -0.05) is 17.7 Å². The summed E-state index contributed by atoms with van der Waals surface area (Å²) >= 11 is 11.4. The third-order valence-corrected chi connectivity index (χ3v) is 3.29. The monoisotopic (exact) mass is 264 g/mol. The molecule has 0 aliphatic rings. The summed E-state index contributed by atoms with van der Waals surface area (Å²) in [5.74, 6) is 0.863. The van der Waals surface area contributed by atoms with Crippen molar-refractivity contribution in [2.75, 3.05) is 0 Å². The topological polar surface area (TPSA) is 33.9 Å². The molecule has 5 heteroatoms. The summed E-state index contributed by atoms with van der Waals surface area (Å²) in [6.07, 6.45) is 1.65. The molecule has 2 aromatic heterocycles. The van der Waals surface area contributed by atoms with Gasteiger partial charge in [-0.05, 0) is 36.5 Å². The molecule has 2 heterocycles.